The first-order valence-electron chi connectivity index (χ1n) is 6.69. The number of carbonyl (C=O) groups is 1. The summed E-state index contributed by atoms with van der Waals surface area (Å²) >= 11 is 0. The second-order valence-electron chi connectivity index (χ2n) is 4.68. The Kier molecular flexibility index (Phi) is 3.87. The molecule has 0 aliphatic carbocycles. The summed E-state index contributed by atoms with van der Waals surface area (Å²) in [4.78, 5) is 15.5. The van der Waals surface area contributed by atoms with Gasteiger partial charge in [0.15, 0.2) is 11.5 Å². The third-order valence-corrected chi connectivity index (χ3v) is 3.04. The highest BCUT2D eigenvalue weighted by atomic mass is 16.6. The Morgan fingerprint density at radius 2 is 2.27 bits per heavy atom. The van der Waals surface area contributed by atoms with Gasteiger partial charge in [-0.25, -0.2) is 9.67 Å². The van der Waals surface area contributed by atoms with Crippen molar-refractivity contribution in [3.63, 3.8) is 0 Å². The Morgan fingerprint density at radius 3 is 3.05 bits per heavy atom. The summed E-state index contributed by atoms with van der Waals surface area (Å²) < 4.78 is 12.6. The van der Waals surface area contributed by atoms with Crippen molar-refractivity contribution in [2.75, 3.05) is 13.2 Å². The quantitative estimate of drug-likeness (QED) is 0.859. The zero-order chi connectivity index (χ0) is 15.4. The fourth-order valence-electron chi connectivity index (χ4n) is 2.02. The average molecular weight is 299 g/mol. The van der Waals surface area contributed by atoms with E-state index in [0.717, 1.165) is 0 Å². The average Bonchev–Trinajstić information content (AvgIpc) is 3.00. The first-order valence-corrected chi connectivity index (χ1v) is 6.69. The lowest BCUT2D eigenvalue weighted by Crippen LogP contribution is -2.41. The molecule has 1 unspecified atom stereocenters. The van der Waals surface area contributed by atoms with Crippen LogP contribution in [0.5, 0.6) is 11.5 Å². The van der Waals surface area contributed by atoms with Gasteiger partial charge in [-0.2, -0.15) is 5.26 Å². The Labute approximate surface area is 126 Å². The third kappa shape index (κ3) is 3.15. The number of para-hydroxylation sites is 2. The van der Waals surface area contributed by atoms with Crippen LogP contribution in [0.2, 0.25) is 0 Å². The van der Waals surface area contributed by atoms with E-state index in [1.807, 2.05) is 24.3 Å². The largest absolute Gasteiger partial charge is 0.486 e. The van der Waals surface area contributed by atoms with E-state index in [1.54, 1.807) is 6.07 Å². The van der Waals surface area contributed by atoms with E-state index in [4.69, 9.17) is 14.7 Å². The molecule has 1 aliphatic heterocycles. The van der Waals surface area contributed by atoms with Gasteiger partial charge in [-0.1, -0.05) is 12.1 Å². The summed E-state index contributed by atoms with van der Waals surface area (Å²) in [5.74, 6) is 1.17. The summed E-state index contributed by atoms with van der Waals surface area (Å²) in [6.07, 6.45) is 1.10. The number of nitriles is 1. The highest BCUT2D eigenvalue weighted by Crippen LogP contribution is 2.30. The molecule has 1 aromatic heterocycles. The standard InChI is InChI=1S/C14H13N5O3/c15-5-13-17-9-19(18-13)7-14(20)16-6-10-8-21-11-3-1-2-4-12(11)22-10/h1-4,9-10H,6-8H2,(H,16,20). The van der Waals surface area contributed by atoms with Crippen molar-refractivity contribution >= 4 is 5.91 Å². The maximum atomic E-state index is 11.8. The van der Waals surface area contributed by atoms with Crippen LogP contribution in [0.1, 0.15) is 5.82 Å². The van der Waals surface area contributed by atoms with E-state index in [-0.39, 0.29) is 24.4 Å². The molecule has 0 fully saturated rings. The second-order valence-corrected chi connectivity index (χ2v) is 4.68. The van der Waals surface area contributed by atoms with Crippen molar-refractivity contribution in [3.05, 3.63) is 36.4 Å². The van der Waals surface area contributed by atoms with Gasteiger partial charge in [0.25, 0.3) is 5.82 Å². The van der Waals surface area contributed by atoms with Gasteiger partial charge >= 0.3 is 0 Å². The molecule has 112 valence electrons. The topological polar surface area (TPSA) is 102 Å². The van der Waals surface area contributed by atoms with E-state index in [0.29, 0.717) is 24.7 Å². The molecule has 2 aromatic rings. The zero-order valence-electron chi connectivity index (χ0n) is 11.6. The Hall–Kier alpha value is -3.08. The number of rotatable bonds is 4. The van der Waals surface area contributed by atoms with E-state index >= 15 is 0 Å². The van der Waals surface area contributed by atoms with Crippen LogP contribution < -0.4 is 14.8 Å². The summed E-state index contributed by atoms with van der Waals surface area (Å²) in [5, 5.41) is 15.2. The van der Waals surface area contributed by atoms with Crippen LogP contribution in [0.3, 0.4) is 0 Å². The fourth-order valence-corrected chi connectivity index (χ4v) is 2.02. The van der Waals surface area contributed by atoms with Crippen molar-refractivity contribution in [2.45, 2.75) is 12.6 Å². The van der Waals surface area contributed by atoms with Gasteiger partial charge in [0, 0.05) is 0 Å². The summed E-state index contributed by atoms with van der Waals surface area (Å²) in [6, 6.07) is 9.19. The lowest BCUT2D eigenvalue weighted by atomic mass is 10.2. The van der Waals surface area contributed by atoms with Crippen molar-refractivity contribution in [1.82, 2.24) is 20.1 Å². The molecule has 0 spiro atoms. The van der Waals surface area contributed by atoms with Crippen LogP contribution in [0.25, 0.3) is 0 Å². The summed E-state index contributed by atoms with van der Waals surface area (Å²) in [7, 11) is 0. The normalized spacial score (nSPS) is 15.9. The van der Waals surface area contributed by atoms with E-state index in [1.165, 1.54) is 11.0 Å². The Balaban J connectivity index is 1.49. The number of benzene rings is 1. The molecule has 0 saturated heterocycles. The zero-order valence-corrected chi connectivity index (χ0v) is 11.6. The number of carbonyl (C=O) groups excluding carboxylic acids is 1. The number of aromatic nitrogens is 3. The highest BCUT2D eigenvalue weighted by molar-refractivity contribution is 5.75. The molecule has 8 nitrogen and oxygen atoms in total. The van der Waals surface area contributed by atoms with Crippen LogP contribution >= 0.6 is 0 Å². The Bertz CT molecular complexity index is 721. The van der Waals surface area contributed by atoms with Gasteiger partial charge in [0.1, 0.15) is 31.7 Å². The first kappa shape index (κ1) is 13.9. The molecule has 0 bridgehead atoms. The molecule has 1 amide bonds. The lowest BCUT2D eigenvalue weighted by Gasteiger charge is -2.26. The molecule has 2 heterocycles. The van der Waals surface area contributed by atoms with E-state index < -0.39 is 0 Å². The van der Waals surface area contributed by atoms with E-state index in [2.05, 4.69) is 15.4 Å². The smallest absolute Gasteiger partial charge is 0.252 e. The number of fused-ring (bicyclic) bond motifs is 1. The molecule has 1 N–H and O–H groups in total. The lowest BCUT2D eigenvalue weighted by molar-refractivity contribution is -0.122. The van der Waals surface area contributed by atoms with Crippen LogP contribution in [-0.4, -0.2) is 39.9 Å². The number of nitrogens with zero attached hydrogens (tertiary/aromatic N) is 4. The molecule has 1 atom stereocenters. The highest BCUT2D eigenvalue weighted by Gasteiger charge is 2.21. The SMILES string of the molecule is N#Cc1ncn(CC(=O)NCC2COc3ccccc3O2)n1. The van der Waals surface area contributed by atoms with Crippen molar-refractivity contribution < 1.29 is 14.3 Å². The van der Waals surface area contributed by atoms with Crippen molar-refractivity contribution in [1.29, 1.82) is 5.26 Å². The van der Waals surface area contributed by atoms with Crippen molar-refractivity contribution in [3.8, 4) is 17.6 Å². The minimum absolute atomic E-state index is 0.00115. The van der Waals surface area contributed by atoms with Gasteiger partial charge in [-0.3, -0.25) is 4.79 Å². The predicted octanol–water partition coefficient (Wildman–Crippen LogP) is 0.106. The van der Waals surface area contributed by atoms with Crippen LogP contribution in [0.4, 0.5) is 0 Å². The predicted molar refractivity (Wildman–Crippen MR) is 74.1 cm³/mol. The molecule has 0 saturated carbocycles. The number of ether oxygens (including phenoxy) is 2. The monoisotopic (exact) mass is 299 g/mol. The maximum absolute atomic E-state index is 11.8. The van der Waals surface area contributed by atoms with Crippen molar-refractivity contribution in [2.24, 2.45) is 0 Å². The van der Waals surface area contributed by atoms with Crippen LogP contribution in [0, 0.1) is 11.3 Å². The first-order chi connectivity index (χ1) is 10.7. The minimum Gasteiger partial charge on any atom is -0.486 e. The molecule has 8 heteroatoms. The fraction of sp³-hybridized carbons (Fsp3) is 0.286. The minimum atomic E-state index is -0.246. The molecule has 0 radical (unpaired) electrons. The van der Waals surface area contributed by atoms with E-state index in [9.17, 15) is 4.79 Å². The van der Waals surface area contributed by atoms with Gasteiger partial charge in [-0.05, 0) is 12.1 Å². The maximum Gasteiger partial charge on any atom is 0.252 e. The molecule has 1 aromatic carbocycles. The Morgan fingerprint density at radius 1 is 1.45 bits per heavy atom. The number of nitrogens with one attached hydrogen (secondary N) is 1. The van der Waals surface area contributed by atoms with Crippen LogP contribution in [-0.2, 0) is 11.3 Å². The van der Waals surface area contributed by atoms with Gasteiger partial charge in [0.2, 0.25) is 5.91 Å². The van der Waals surface area contributed by atoms with Gasteiger partial charge in [-0.15, -0.1) is 5.10 Å². The number of hydrogen-bond donors (Lipinski definition) is 1. The number of amides is 1. The molecular formula is C14H13N5O3. The molecule has 22 heavy (non-hydrogen) atoms. The second kappa shape index (κ2) is 6.13. The van der Waals surface area contributed by atoms with Crippen LogP contribution in [0.15, 0.2) is 30.6 Å². The van der Waals surface area contributed by atoms with Gasteiger partial charge < -0.3 is 14.8 Å². The molecule has 1 aliphatic rings. The third-order valence-electron chi connectivity index (χ3n) is 3.04. The van der Waals surface area contributed by atoms with Gasteiger partial charge in [0.05, 0.1) is 6.54 Å². The molecular weight excluding hydrogens is 286 g/mol. The summed E-state index contributed by atoms with van der Waals surface area (Å²) in [5.41, 5.74) is 0. The summed E-state index contributed by atoms with van der Waals surface area (Å²) in [6.45, 7) is 0.699. The number of hydrogen-bond acceptors (Lipinski definition) is 6. The molecule has 3 rings (SSSR count).